The quantitative estimate of drug-likeness (QED) is 0.602. The van der Waals surface area contributed by atoms with Crippen molar-refractivity contribution in [3.05, 3.63) is 64.7 Å². The summed E-state index contributed by atoms with van der Waals surface area (Å²) in [7, 11) is 0. The summed E-state index contributed by atoms with van der Waals surface area (Å²) < 4.78 is 0. The predicted molar refractivity (Wildman–Crippen MR) is 130 cm³/mol. The molecule has 0 spiro atoms. The zero-order chi connectivity index (χ0) is 23.2. The highest BCUT2D eigenvalue weighted by molar-refractivity contribution is 5.95. The summed E-state index contributed by atoms with van der Waals surface area (Å²) in [5.74, 6) is 0.216. The van der Waals surface area contributed by atoms with E-state index in [0.29, 0.717) is 24.6 Å². The van der Waals surface area contributed by atoms with Crippen LogP contribution in [0.15, 0.2) is 42.5 Å². The highest BCUT2D eigenvalue weighted by atomic mass is 16.3. The molecule has 1 aliphatic heterocycles. The minimum absolute atomic E-state index is 0.000484. The zero-order valence-electron chi connectivity index (χ0n) is 19.5. The molecule has 0 bridgehead atoms. The number of benzene rings is 2. The topological polar surface area (TPSA) is 81.7 Å². The van der Waals surface area contributed by atoms with Crippen LogP contribution in [0.1, 0.15) is 65.7 Å². The average molecular weight is 450 g/mol. The van der Waals surface area contributed by atoms with Crippen LogP contribution in [0.4, 0.5) is 5.69 Å². The van der Waals surface area contributed by atoms with E-state index < -0.39 is 0 Å². The summed E-state index contributed by atoms with van der Waals surface area (Å²) in [6.45, 7) is 3.69. The van der Waals surface area contributed by atoms with Gasteiger partial charge in [0.25, 0.3) is 5.91 Å². The molecule has 0 radical (unpaired) electrons. The molecule has 2 aromatic rings. The number of nitrogens with zero attached hydrogens (tertiary/aromatic N) is 1. The lowest BCUT2D eigenvalue weighted by Gasteiger charge is -2.31. The van der Waals surface area contributed by atoms with E-state index >= 15 is 0 Å². The number of aliphatic hydroxyl groups excluding tert-OH is 1. The van der Waals surface area contributed by atoms with Gasteiger partial charge in [-0.3, -0.25) is 9.59 Å². The van der Waals surface area contributed by atoms with Crippen LogP contribution in [0.25, 0.3) is 0 Å². The number of likely N-dealkylation sites (tertiary alicyclic amines) is 1. The second-order valence-corrected chi connectivity index (χ2v) is 9.38. The van der Waals surface area contributed by atoms with Crippen LogP contribution >= 0.6 is 0 Å². The Morgan fingerprint density at radius 1 is 1.06 bits per heavy atom. The molecule has 6 heteroatoms. The van der Waals surface area contributed by atoms with Gasteiger partial charge >= 0.3 is 0 Å². The van der Waals surface area contributed by atoms with E-state index in [4.69, 9.17) is 0 Å². The van der Waals surface area contributed by atoms with E-state index in [2.05, 4.69) is 28.8 Å². The lowest BCUT2D eigenvalue weighted by atomic mass is 9.89. The molecule has 6 nitrogen and oxygen atoms in total. The molecular formula is C27H35N3O3. The Morgan fingerprint density at radius 3 is 2.58 bits per heavy atom. The summed E-state index contributed by atoms with van der Waals surface area (Å²) in [5.41, 5.74) is 5.37. The Labute approximate surface area is 196 Å². The van der Waals surface area contributed by atoms with Crippen molar-refractivity contribution in [1.82, 2.24) is 10.2 Å². The number of carbonyl (C=O) groups is 2. The van der Waals surface area contributed by atoms with Crippen molar-refractivity contribution in [2.24, 2.45) is 5.92 Å². The highest BCUT2D eigenvalue weighted by Crippen LogP contribution is 2.25. The van der Waals surface area contributed by atoms with E-state index in [-0.39, 0.29) is 31.0 Å². The zero-order valence-corrected chi connectivity index (χ0v) is 19.5. The molecule has 0 aromatic heterocycles. The van der Waals surface area contributed by atoms with Gasteiger partial charge in [0.1, 0.15) is 0 Å². The normalized spacial score (nSPS) is 17.2. The molecule has 1 aliphatic carbocycles. The van der Waals surface area contributed by atoms with Gasteiger partial charge in [0.15, 0.2) is 0 Å². The number of anilines is 1. The van der Waals surface area contributed by atoms with E-state index in [1.54, 1.807) is 6.07 Å². The summed E-state index contributed by atoms with van der Waals surface area (Å²) in [6.07, 6.45) is 6.46. The van der Waals surface area contributed by atoms with Crippen molar-refractivity contribution < 1.29 is 14.7 Å². The fraction of sp³-hybridized carbons (Fsp3) is 0.481. The van der Waals surface area contributed by atoms with Crippen molar-refractivity contribution in [3.8, 4) is 0 Å². The third-order valence-electron chi connectivity index (χ3n) is 6.97. The number of nitrogens with one attached hydrogen (secondary N) is 2. The summed E-state index contributed by atoms with van der Waals surface area (Å²) in [4.78, 5) is 27.2. The smallest absolute Gasteiger partial charge is 0.253 e. The van der Waals surface area contributed by atoms with Gasteiger partial charge < -0.3 is 20.6 Å². The van der Waals surface area contributed by atoms with E-state index in [9.17, 15) is 14.7 Å². The molecule has 4 rings (SSSR count). The lowest BCUT2D eigenvalue weighted by molar-refractivity contribution is -0.120. The molecule has 3 N–H and O–H groups in total. The molecule has 33 heavy (non-hydrogen) atoms. The van der Waals surface area contributed by atoms with Crippen molar-refractivity contribution in [1.29, 1.82) is 0 Å². The largest absolute Gasteiger partial charge is 0.396 e. The van der Waals surface area contributed by atoms with Crippen molar-refractivity contribution in [2.45, 2.75) is 51.5 Å². The number of rotatable bonds is 7. The number of piperidine rings is 1. The Kier molecular flexibility index (Phi) is 7.65. The first kappa shape index (κ1) is 23.3. The molecule has 1 saturated heterocycles. The van der Waals surface area contributed by atoms with Crippen LogP contribution in [0.2, 0.25) is 0 Å². The average Bonchev–Trinajstić information content (AvgIpc) is 2.87. The monoisotopic (exact) mass is 449 g/mol. The number of aliphatic hydroxyl groups is 1. The number of amides is 2. The molecule has 1 fully saturated rings. The van der Waals surface area contributed by atoms with Crippen LogP contribution < -0.4 is 10.6 Å². The molecule has 1 unspecified atom stereocenters. The van der Waals surface area contributed by atoms with Gasteiger partial charge in [-0.05, 0) is 86.3 Å². The third-order valence-corrected chi connectivity index (χ3v) is 6.97. The third kappa shape index (κ3) is 5.93. The minimum atomic E-state index is -0.0805. The maximum atomic E-state index is 12.8. The summed E-state index contributed by atoms with van der Waals surface area (Å²) in [5, 5.41) is 15.5. The maximum Gasteiger partial charge on any atom is 0.253 e. The second kappa shape index (κ2) is 10.8. The Hall–Kier alpha value is -2.86. The highest BCUT2D eigenvalue weighted by Gasteiger charge is 2.23. The summed E-state index contributed by atoms with van der Waals surface area (Å²) >= 11 is 0. The summed E-state index contributed by atoms with van der Waals surface area (Å²) in [6, 6.07) is 13.8. The first-order chi connectivity index (χ1) is 16.0. The molecule has 1 atom stereocenters. The number of carbonyl (C=O) groups excluding carboxylic acids is 2. The molecular weight excluding hydrogens is 414 g/mol. The van der Waals surface area contributed by atoms with Crippen LogP contribution in [0.3, 0.4) is 0 Å². The van der Waals surface area contributed by atoms with Gasteiger partial charge in [0, 0.05) is 30.9 Å². The van der Waals surface area contributed by atoms with Crippen molar-refractivity contribution >= 4 is 17.5 Å². The van der Waals surface area contributed by atoms with Gasteiger partial charge in [0.2, 0.25) is 5.91 Å². The lowest BCUT2D eigenvalue weighted by Crippen LogP contribution is -2.39. The number of aryl methyl sites for hydroxylation is 2. The van der Waals surface area contributed by atoms with Crippen LogP contribution in [0, 0.1) is 5.92 Å². The second-order valence-electron chi connectivity index (χ2n) is 9.38. The van der Waals surface area contributed by atoms with Gasteiger partial charge in [-0.1, -0.05) is 24.3 Å². The van der Waals surface area contributed by atoms with E-state index in [1.807, 2.05) is 30.0 Å². The Bertz CT molecular complexity index is 982. The Balaban J connectivity index is 1.29. The molecule has 1 heterocycles. The maximum absolute atomic E-state index is 12.8. The fourth-order valence-corrected chi connectivity index (χ4v) is 4.84. The molecule has 2 aromatic carbocycles. The number of hydrogen-bond acceptors (Lipinski definition) is 4. The number of fused-ring (bicyclic) bond motifs is 1. The SMILES string of the molecule is CC(NC(=O)CNc1cccc(C(=O)N2CCC(CO)CC2)c1)c1ccc2c(c1)CCCC2. The van der Waals surface area contributed by atoms with Crippen molar-refractivity contribution in [2.75, 3.05) is 31.6 Å². The first-order valence-electron chi connectivity index (χ1n) is 12.2. The van der Waals surface area contributed by atoms with Gasteiger partial charge in [-0.2, -0.15) is 0 Å². The molecule has 176 valence electrons. The van der Waals surface area contributed by atoms with Crippen molar-refractivity contribution in [3.63, 3.8) is 0 Å². The molecule has 2 amide bonds. The standard InChI is InChI=1S/C27H35N3O3/c1-19(22-10-9-21-5-2-3-6-23(21)15-22)29-26(32)17-28-25-8-4-7-24(16-25)27(33)30-13-11-20(18-31)12-14-30/h4,7-10,15-16,19-20,28,31H,2-3,5-6,11-14,17-18H2,1H3,(H,29,32). The van der Waals surface area contributed by atoms with Gasteiger partial charge in [-0.25, -0.2) is 0 Å². The number of hydrogen-bond donors (Lipinski definition) is 3. The Morgan fingerprint density at radius 2 is 1.82 bits per heavy atom. The van der Waals surface area contributed by atoms with Crippen LogP contribution in [-0.4, -0.2) is 48.1 Å². The minimum Gasteiger partial charge on any atom is -0.396 e. The van der Waals surface area contributed by atoms with Gasteiger partial charge in [0.05, 0.1) is 12.6 Å². The van der Waals surface area contributed by atoms with E-state index in [1.165, 1.54) is 24.0 Å². The first-order valence-corrected chi connectivity index (χ1v) is 12.2. The predicted octanol–water partition coefficient (Wildman–Crippen LogP) is 3.70. The van der Waals surface area contributed by atoms with Crippen LogP contribution in [-0.2, 0) is 17.6 Å². The molecule has 2 aliphatic rings. The molecule has 0 saturated carbocycles. The van der Waals surface area contributed by atoms with E-state index in [0.717, 1.165) is 36.9 Å². The van der Waals surface area contributed by atoms with Crippen LogP contribution in [0.5, 0.6) is 0 Å². The van der Waals surface area contributed by atoms with Gasteiger partial charge in [-0.15, -0.1) is 0 Å². The fourth-order valence-electron chi connectivity index (χ4n) is 4.84.